The molecular weight excluding hydrogens is 229 g/mol. The summed E-state index contributed by atoms with van der Waals surface area (Å²) in [6.07, 6.45) is -2.87. The summed E-state index contributed by atoms with van der Waals surface area (Å²) in [5, 5.41) is 0. The Morgan fingerprint density at radius 2 is 1.82 bits per heavy atom. The Morgan fingerprint density at radius 3 is 2.47 bits per heavy atom. The van der Waals surface area contributed by atoms with E-state index in [1.807, 2.05) is 0 Å². The number of alkyl halides is 3. The molecule has 2 nitrogen and oxygen atoms in total. The summed E-state index contributed by atoms with van der Waals surface area (Å²) in [7, 11) is 0. The number of nitrogens with two attached hydrogens (primary N) is 1. The summed E-state index contributed by atoms with van der Waals surface area (Å²) < 4.78 is 37.6. The van der Waals surface area contributed by atoms with Crippen LogP contribution in [0.1, 0.15) is 5.56 Å². The van der Waals surface area contributed by atoms with Gasteiger partial charge in [0.2, 0.25) is 0 Å². The predicted octanol–water partition coefficient (Wildman–Crippen LogP) is 3.35. The van der Waals surface area contributed by atoms with E-state index in [1.165, 1.54) is 12.3 Å². The van der Waals surface area contributed by atoms with Crippen molar-refractivity contribution in [1.82, 2.24) is 4.98 Å². The molecule has 1 aromatic carbocycles. The molecule has 0 aliphatic rings. The number of nitrogen functional groups attached to an aromatic ring is 1. The molecule has 0 aliphatic carbocycles. The fourth-order valence-electron chi connectivity index (χ4n) is 1.50. The summed E-state index contributed by atoms with van der Waals surface area (Å²) >= 11 is 0. The van der Waals surface area contributed by atoms with E-state index < -0.39 is 11.7 Å². The molecule has 2 N–H and O–H groups in total. The zero-order valence-corrected chi connectivity index (χ0v) is 8.70. The summed E-state index contributed by atoms with van der Waals surface area (Å²) in [5.41, 5.74) is 6.03. The Balaban J connectivity index is 2.51. The second kappa shape index (κ2) is 4.08. The van der Waals surface area contributed by atoms with E-state index in [-0.39, 0.29) is 0 Å². The first-order valence-electron chi connectivity index (χ1n) is 4.86. The predicted molar refractivity (Wildman–Crippen MR) is 59.1 cm³/mol. The molecule has 0 radical (unpaired) electrons. The molecule has 1 aromatic heterocycles. The summed E-state index contributed by atoms with van der Waals surface area (Å²) in [6.45, 7) is 0. The van der Waals surface area contributed by atoms with Crippen LogP contribution in [-0.2, 0) is 6.18 Å². The Bertz CT molecular complexity index is 535. The standard InChI is InChI=1S/C12H9F3N2/c13-12(14,15)9-4-1-3-8(7-9)11-10(16)5-2-6-17-11/h1-7H,16H2. The second-order valence-corrected chi connectivity index (χ2v) is 3.52. The zero-order chi connectivity index (χ0) is 12.5. The van der Waals surface area contributed by atoms with Gasteiger partial charge in [-0.15, -0.1) is 0 Å². The molecule has 5 heteroatoms. The van der Waals surface area contributed by atoms with E-state index in [4.69, 9.17) is 5.73 Å². The van der Waals surface area contributed by atoms with E-state index in [9.17, 15) is 13.2 Å². The van der Waals surface area contributed by atoms with Crippen molar-refractivity contribution >= 4 is 5.69 Å². The fraction of sp³-hybridized carbons (Fsp3) is 0.0833. The van der Waals surface area contributed by atoms with Crippen LogP contribution in [0.25, 0.3) is 11.3 Å². The third-order valence-corrected chi connectivity index (χ3v) is 2.30. The minimum atomic E-state index is -4.36. The minimum Gasteiger partial charge on any atom is -0.397 e. The molecule has 0 saturated carbocycles. The van der Waals surface area contributed by atoms with E-state index in [0.717, 1.165) is 12.1 Å². The van der Waals surface area contributed by atoms with Gasteiger partial charge in [0.05, 0.1) is 16.9 Å². The third kappa shape index (κ3) is 2.38. The van der Waals surface area contributed by atoms with Crippen LogP contribution >= 0.6 is 0 Å². The highest BCUT2D eigenvalue weighted by atomic mass is 19.4. The van der Waals surface area contributed by atoms with E-state index >= 15 is 0 Å². The first kappa shape index (κ1) is 11.4. The van der Waals surface area contributed by atoms with Crippen LogP contribution < -0.4 is 5.73 Å². The molecule has 0 atom stereocenters. The number of halogens is 3. The van der Waals surface area contributed by atoms with Crippen molar-refractivity contribution in [2.24, 2.45) is 0 Å². The van der Waals surface area contributed by atoms with E-state index in [1.54, 1.807) is 18.2 Å². The molecule has 0 aliphatic heterocycles. The molecule has 1 heterocycles. The van der Waals surface area contributed by atoms with Gasteiger partial charge in [0.25, 0.3) is 0 Å². The molecule has 0 amide bonds. The second-order valence-electron chi connectivity index (χ2n) is 3.52. The highest BCUT2D eigenvalue weighted by Crippen LogP contribution is 2.32. The first-order chi connectivity index (χ1) is 7.98. The lowest BCUT2D eigenvalue weighted by atomic mass is 10.1. The topological polar surface area (TPSA) is 38.9 Å². The number of hydrogen-bond donors (Lipinski definition) is 1. The Morgan fingerprint density at radius 1 is 1.06 bits per heavy atom. The first-order valence-corrected chi connectivity index (χ1v) is 4.86. The molecule has 88 valence electrons. The van der Waals surface area contributed by atoms with Gasteiger partial charge in [-0.1, -0.05) is 12.1 Å². The molecule has 2 rings (SSSR count). The fourth-order valence-corrected chi connectivity index (χ4v) is 1.50. The average molecular weight is 238 g/mol. The largest absolute Gasteiger partial charge is 0.416 e. The monoisotopic (exact) mass is 238 g/mol. The molecule has 0 spiro atoms. The summed E-state index contributed by atoms with van der Waals surface area (Å²) in [5.74, 6) is 0. The number of hydrogen-bond acceptors (Lipinski definition) is 2. The van der Waals surface area contributed by atoms with Crippen LogP contribution in [0.15, 0.2) is 42.6 Å². The maximum Gasteiger partial charge on any atom is 0.416 e. The molecule has 0 bridgehead atoms. The van der Waals surface area contributed by atoms with Crippen LogP contribution in [0.3, 0.4) is 0 Å². The summed E-state index contributed by atoms with van der Waals surface area (Å²) in [4.78, 5) is 3.98. The van der Waals surface area contributed by atoms with Gasteiger partial charge < -0.3 is 5.73 Å². The average Bonchev–Trinajstić information content (AvgIpc) is 2.29. The van der Waals surface area contributed by atoms with Crippen molar-refractivity contribution in [3.05, 3.63) is 48.2 Å². The number of pyridine rings is 1. The van der Waals surface area contributed by atoms with Gasteiger partial charge in [0, 0.05) is 11.8 Å². The van der Waals surface area contributed by atoms with Crippen LogP contribution in [-0.4, -0.2) is 4.98 Å². The van der Waals surface area contributed by atoms with Crippen LogP contribution in [0.5, 0.6) is 0 Å². The van der Waals surface area contributed by atoms with Gasteiger partial charge in [-0.05, 0) is 24.3 Å². The number of benzene rings is 1. The SMILES string of the molecule is Nc1cccnc1-c1cccc(C(F)(F)F)c1. The lowest BCUT2D eigenvalue weighted by Gasteiger charge is -2.09. The van der Waals surface area contributed by atoms with Crippen LogP contribution in [0.2, 0.25) is 0 Å². The van der Waals surface area contributed by atoms with Crippen molar-refractivity contribution in [1.29, 1.82) is 0 Å². The van der Waals surface area contributed by atoms with Gasteiger partial charge in [-0.3, -0.25) is 4.98 Å². The van der Waals surface area contributed by atoms with Crippen molar-refractivity contribution in [3.8, 4) is 11.3 Å². The van der Waals surface area contributed by atoms with Crippen LogP contribution in [0, 0.1) is 0 Å². The molecule has 0 fully saturated rings. The van der Waals surface area contributed by atoms with Gasteiger partial charge in [-0.2, -0.15) is 13.2 Å². The minimum absolute atomic E-state index is 0.354. The van der Waals surface area contributed by atoms with Crippen molar-refractivity contribution < 1.29 is 13.2 Å². The van der Waals surface area contributed by atoms with Crippen molar-refractivity contribution in [3.63, 3.8) is 0 Å². The maximum atomic E-state index is 12.5. The number of rotatable bonds is 1. The molecule has 0 unspecified atom stereocenters. The maximum absolute atomic E-state index is 12.5. The van der Waals surface area contributed by atoms with Gasteiger partial charge >= 0.3 is 6.18 Å². The Kier molecular flexibility index (Phi) is 2.75. The molecular formula is C12H9F3N2. The number of aromatic nitrogens is 1. The van der Waals surface area contributed by atoms with Gasteiger partial charge in [0.1, 0.15) is 0 Å². The highest BCUT2D eigenvalue weighted by molar-refractivity contribution is 5.72. The Hall–Kier alpha value is -2.04. The van der Waals surface area contributed by atoms with Gasteiger partial charge in [0.15, 0.2) is 0 Å². The van der Waals surface area contributed by atoms with E-state index in [0.29, 0.717) is 16.9 Å². The number of nitrogens with zero attached hydrogens (tertiary/aromatic N) is 1. The van der Waals surface area contributed by atoms with Gasteiger partial charge in [-0.25, -0.2) is 0 Å². The molecule has 0 saturated heterocycles. The van der Waals surface area contributed by atoms with Crippen molar-refractivity contribution in [2.75, 3.05) is 5.73 Å². The van der Waals surface area contributed by atoms with Crippen LogP contribution in [0.4, 0.5) is 18.9 Å². The zero-order valence-electron chi connectivity index (χ0n) is 8.70. The normalized spacial score (nSPS) is 11.5. The summed E-state index contributed by atoms with van der Waals surface area (Å²) in [6, 6.07) is 8.18. The smallest absolute Gasteiger partial charge is 0.397 e. The third-order valence-electron chi connectivity index (χ3n) is 2.30. The van der Waals surface area contributed by atoms with E-state index in [2.05, 4.69) is 4.98 Å². The molecule has 2 aromatic rings. The highest BCUT2D eigenvalue weighted by Gasteiger charge is 2.30. The molecule has 17 heavy (non-hydrogen) atoms. The van der Waals surface area contributed by atoms with Crippen molar-refractivity contribution in [2.45, 2.75) is 6.18 Å². The Labute approximate surface area is 95.9 Å². The quantitative estimate of drug-likeness (QED) is 0.827. The lowest BCUT2D eigenvalue weighted by Crippen LogP contribution is -2.04. The lowest BCUT2D eigenvalue weighted by molar-refractivity contribution is -0.137. The number of anilines is 1.